The Morgan fingerprint density at radius 1 is 1.29 bits per heavy atom. The van der Waals surface area contributed by atoms with Crippen molar-refractivity contribution in [1.82, 2.24) is 10.2 Å². The van der Waals surface area contributed by atoms with Crippen LogP contribution in [0.25, 0.3) is 0 Å². The quantitative estimate of drug-likeness (QED) is 0.849. The Kier molecular flexibility index (Phi) is 3.34. The van der Waals surface area contributed by atoms with E-state index in [1.165, 1.54) is 19.3 Å². The summed E-state index contributed by atoms with van der Waals surface area (Å²) >= 11 is 0. The molecule has 4 heteroatoms. The molecule has 4 nitrogen and oxygen atoms in total. The minimum atomic E-state index is -0.335. The highest BCUT2D eigenvalue weighted by Gasteiger charge is 2.62. The molecule has 4 atom stereocenters. The van der Waals surface area contributed by atoms with Gasteiger partial charge in [0.15, 0.2) is 0 Å². The molecule has 1 N–H and O–H groups in total. The van der Waals surface area contributed by atoms with Gasteiger partial charge >= 0.3 is 0 Å². The predicted octanol–water partition coefficient (Wildman–Crippen LogP) is 2.33. The van der Waals surface area contributed by atoms with E-state index in [-0.39, 0.29) is 34.7 Å². The first-order chi connectivity index (χ1) is 9.79. The average molecular weight is 292 g/mol. The molecule has 1 heterocycles. The molecule has 1 aliphatic heterocycles. The van der Waals surface area contributed by atoms with Gasteiger partial charge in [-0.3, -0.25) is 9.59 Å². The van der Waals surface area contributed by atoms with Gasteiger partial charge in [-0.15, -0.1) is 0 Å². The highest BCUT2D eigenvalue weighted by Crippen LogP contribution is 2.64. The van der Waals surface area contributed by atoms with Crippen molar-refractivity contribution in [3.05, 3.63) is 0 Å². The third kappa shape index (κ3) is 2.09. The Morgan fingerprint density at radius 3 is 2.57 bits per heavy atom. The molecule has 0 aromatic carbocycles. The monoisotopic (exact) mass is 292 g/mol. The average Bonchev–Trinajstić information content (AvgIpc) is 2.85. The molecule has 3 fully saturated rings. The second-order valence-electron chi connectivity index (χ2n) is 8.13. The fourth-order valence-corrected chi connectivity index (χ4v) is 5.45. The van der Waals surface area contributed by atoms with E-state index in [1.54, 1.807) is 0 Å². The second kappa shape index (κ2) is 4.72. The Morgan fingerprint density at radius 2 is 2.00 bits per heavy atom. The van der Waals surface area contributed by atoms with E-state index in [1.807, 2.05) is 6.92 Å². The van der Waals surface area contributed by atoms with Gasteiger partial charge in [0, 0.05) is 19.0 Å². The summed E-state index contributed by atoms with van der Waals surface area (Å²) in [6, 6.07) is -0.0588. The maximum Gasteiger partial charge on any atom is 0.245 e. The molecule has 3 rings (SSSR count). The number of hydrogen-bond acceptors (Lipinski definition) is 2. The highest BCUT2D eigenvalue weighted by molar-refractivity contribution is 5.90. The van der Waals surface area contributed by atoms with E-state index in [2.05, 4.69) is 31.0 Å². The number of hydrogen-bond donors (Lipinski definition) is 1. The number of nitrogens with zero attached hydrogens (tertiary/aromatic N) is 1. The first-order valence-electron chi connectivity index (χ1n) is 8.39. The van der Waals surface area contributed by atoms with E-state index in [0.29, 0.717) is 25.3 Å². The molecule has 4 unspecified atom stereocenters. The van der Waals surface area contributed by atoms with E-state index in [0.717, 1.165) is 0 Å². The van der Waals surface area contributed by atoms with Crippen LogP contribution < -0.4 is 5.32 Å². The SMILES string of the molecule is CCC1NC(=O)CCN(C2C3(C)CCC(C3)C2(C)C)C1=O. The van der Waals surface area contributed by atoms with E-state index >= 15 is 0 Å². The zero-order valence-corrected chi connectivity index (χ0v) is 13.7. The minimum absolute atomic E-state index is 0.0174. The molecule has 0 aromatic heterocycles. The first kappa shape index (κ1) is 14.9. The molecule has 1 saturated heterocycles. The number of rotatable bonds is 2. The Balaban J connectivity index is 1.94. The van der Waals surface area contributed by atoms with Crippen LogP contribution in [0.2, 0.25) is 0 Å². The molecular weight excluding hydrogens is 264 g/mol. The highest BCUT2D eigenvalue weighted by atomic mass is 16.2. The van der Waals surface area contributed by atoms with Gasteiger partial charge in [-0.2, -0.15) is 0 Å². The van der Waals surface area contributed by atoms with Crippen LogP contribution in [0.5, 0.6) is 0 Å². The second-order valence-corrected chi connectivity index (χ2v) is 8.13. The van der Waals surface area contributed by atoms with Crippen molar-refractivity contribution in [3.63, 3.8) is 0 Å². The summed E-state index contributed by atoms with van der Waals surface area (Å²) in [4.78, 5) is 26.9. The van der Waals surface area contributed by atoms with Crippen LogP contribution in [0.15, 0.2) is 0 Å². The maximum atomic E-state index is 12.9. The number of carbonyl (C=O) groups excluding carboxylic acids is 2. The van der Waals surface area contributed by atoms with Crippen LogP contribution in [0, 0.1) is 16.7 Å². The third-order valence-corrected chi connectivity index (χ3v) is 6.41. The van der Waals surface area contributed by atoms with Crippen LogP contribution in [-0.2, 0) is 9.59 Å². The normalized spacial score (nSPS) is 42.1. The topological polar surface area (TPSA) is 49.4 Å². The molecule has 0 radical (unpaired) electrons. The van der Waals surface area contributed by atoms with Crippen LogP contribution >= 0.6 is 0 Å². The van der Waals surface area contributed by atoms with Gasteiger partial charge in [-0.25, -0.2) is 0 Å². The minimum Gasteiger partial charge on any atom is -0.344 e. The zero-order valence-electron chi connectivity index (χ0n) is 13.7. The third-order valence-electron chi connectivity index (χ3n) is 6.41. The lowest BCUT2D eigenvalue weighted by atomic mass is 9.67. The number of fused-ring (bicyclic) bond motifs is 2. The molecule has 2 bridgehead atoms. The van der Waals surface area contributed by atoms with Gasteiger partial charge < -0.3 is 10.2 Å². The van der Waals surface area contributed by atoms with Crippen molar-refractivity contribution >= 4 is 11.8 Å². The Labute approximate surface area is 127 Å². The number of amides is 2. The maximum absolute atomic E-state index is 12.9. The van der Waals surface area contributed by atoms with Crippen molar-refractivity contribution in [3.8, 4) is 0 Å². The smallest absolute Gasteiger partial charge is 0.245 e. The summed E-state index contributed by atoms with van der Waals surface area (Å²) in [7, 11) is 0. The lowest BCUT2D eigenvalue weighted by Gasteiger charge is -2.49. The summed E-state index contributed by atoms with van der Waals surface area (Å²) < 4.78 is 0. The molecule has 0 aromatic rings. The largest absolute Gasteiger partial charge is 0.344 e. The van der Waals surface area contributed by atoms with Crippen molar-refractivity contribution in [1.29, 1.82) is 0 Å². The van der Waals surface area contributed by atoms with E-state index < -0.39 is 0 Å². The summed E-state index contributed by atoms with van der Waals surface area (Å²) in [6.07, 6.45) is 4.85. The van der Waals surface area contributed by atoms with Gasteiger partial charge in [0.2, 0.25) is 11.8 Å². The molecule has 118 valence electrons. The lowest BCUT2D eigenvalue weighted by Crippen LogP contribution is -2.57. The van der Waals surface area contributed by atoms with Gasteiger partial charge in [0.05, 0.1) is 0 Å². The predicted molar refractivity (Wildman–Crippen MR) is 81.6 cm³/mol. The summed E-state index contributed by atoms with van der Waals surface area (Å²) in [6.45, 7) is 9.54. The molecule has 2 aliphatic carbocycles. The molecule has 2 saturated carbocycles. The Hall–Kier alpha value is -1.06. The van der Waals surface area contributed by atoms with Crippen molar-refractivity contribution < 1.29 is 9.59 Å². The van der Waals surface area contributed by atoms with Crippen LogP contribution in [0.1, 0.15) is 59.8 Å². The van der Waals surface area contributed by atoms with Crippen molar-refractivity contribution in [2.75, 3.05) is 6.54 Å². The van der Waals surface area contributed by atoms with Crippen molar-refractivity contribution in [2.24, 2.45) is 16.7 Å². The number of nitrogens with one attached hydrogen (secondary N) is 1. The first-order valence-corrected chi connectivity index (χ1v) is 8.39. The Bertz CT molecular complexity index is 469. The summed E-state index contributed by atoms with van der Waals surface area (Å²) in [5.41, 5.74) is 0.393. The lowest BCUT2D eigenvalue weighted by molar-refractivity contribution is -0.141. The molecule has 21 heavy (non-hydrogen) atoms. The summed E-state index contributed by atoms with van der Waals surface area (Å²) in [5, 5.41) is 2.89. The zero-order chi connectivity index (χ0) is 15.4. The summed E-state index contributed by atoms with van der Waals surface area (Å²) in [5.74, 6) is 0.867. The van der Waals surface area contributed by atoms with Crippen LogP contribution in [-0.4, -0.2) is 35.3 Å². The van der Waals surface area contributed by atoms with Gasteiger partial charge in [-0.1, -0.05) is 27.7 Å². The molecule has 2 amide bonds. The molecule has 0 spiro atoms. The number of carbonyl (C=O) groups is 2. The molecular formula is C17H28N2O2. The van der Waals surface area contributed by atoms with Crippen molar-refractivity contribution in [2.45, 2.75) is 71.9 Å². The van der Waals surface area contributed by atoms with E-state index in [4.69, 9.17) is 0 Å². The van der Waals surface area contributed by atoms with Gasteiger partial charge in [-0.05, 0) is 42.4 Å². The fraction of sp³-hybridized carbons (Fsp3) is 0.882. The van der Waals surface area contributed by atoms with Gasteiger partial charge in [0.25, 0.3) is 0 Å². The molecule has 3 aliphatic rings. The van der Waals surface area contributed by atoms with Crippen LogP contribution in [0.3, 0.4) is 0 Å². The standard InChI is InChI=1S/C17H28N2O2/c1-5-12-14(21)19(9-7-13(20)18-12)15-16(2,3)11-6-8-17(15,4)10-11/h11-12,15H,5-10H2,1-4H3,(H,18,20). The van der Waals surface area contributed by atoms with Gasteiger partial charge in [0.1, 0.15) is 6.04 Å². The fourth-order valence-electron chi connectivity index (χ4n) is 5.45. The van der Waals surface area contributed by atoms with Crippen LogP contribution in [0.4, 0.5) is 0 Å². The van der Waals surface area contributed by atoms with E-state index in [9.17, 15) is 9.59 Å².